The fourth-order valence-corrected chi connectivity index (χ4v) is 6.49. The number of hydrogen-bond acceptors (Lipinski definition) is 3. The molecular weight excluding hydrogens is 587 g/mol. The van der Waals surface area contributed by atoms with Crippen LogP contribution in [0.3, 0.4) is 0 Å². The van der Waals surface area contributed by atoms with E-state index in [2.05, 4.69) is 22.0 Å². The predicted molar refractivity (Wildman–Crippen MR) is 157 cm³/mol. The molecule has 3 nitrogen and oxygen atoms in total. The molecule has 0 unspecified atom stereocenters. The fourth-order valence-electron chi connectivity index (χ4n) is 4.97. The molecule has 6 rings (SSSR count). The number of nitrogens with zero attached hydrogens (tertiary/aromatic N) is 2. The quantitative estimate of drug-likeness (QED) is 0.237. The van der Waals surface area contributed by atoms with Crippen molar-refractivity contribution >= 4 is 62.6 Å². The van der Waals surface area contributed by atoms with Gasteiger partial charge in [0.15, 0.2) is 4.80 Å². The lowest BCUT2D eigenvalue weighted by Crippen LogP contribution is -2.39. The van der Waals surface area contributed by atoms with Crippen LogP contribution in [-0.2, 0) is 0 Å². The monoisotopic (exact) mass is 606 g/mol. The average molecular weight is 608 g/mol. The standard InChI is InChI=1S/C30H21BrCl2N2OS/c31-22-10-4-19(5-11-22)17-26-29(36)35-28(20-8-14-24(33)15-9-20)25-3-1-2-21(27(25)34-30(35)37-26)16-18-6-12-23(32)13-7-18/h4-17,28H,1-3H2/b21-16+,26-17+/t28-/m1/s1. The number of halogens is 3. The topological polar surface area (TPSA) is 34.4 Å². The van der Waals surface area contributed by atoms with Crippen LogP contribution in [0.15, 0.2) is 104 Å². The van der Waals surface area contributed by atoms with Gasteiger partial charge in [-0.15, -0.1) is 0 Å². The molecule has 1 aliphatic carbocycles. The number of fused-ring (bicyclic) bond motifs is 1. The number of aromatic nitrogens is 1. The maximum absolute atomic E-state index is 13.8. The Labute approximate surface area is 236 Å². The first-order chi connectivity index (χ1) is 18.0. The number of thiazole rings is 1. The van der Waals surface area contributed by atoms with Gasteiger partial charge >= 0.3 is 0 Å². The summed E-state index contributed by atoms with van der Waals surface area (Å²) in [5, 5.41) is 1.39. The lowest BCUT2D eigenvalue weighted by atomic mass is 9.84. The van der Waals surface area contributed by atoms with E-state index in [1.807, 2.05) is 83.4 Å². The molecule has 2 heterocycles. The summed E-state index contributed by atoms with van der Waals surface area (Å²) in [6.45, 7) is 0. The molecule has 0 saturated carbocycles. The zero-order chi connectivity index (χ0) is 25.5. The van der Waals surface area contributed by atoms with E-state index in [1.165, 1.54) is 22.5 Å². The summed E-state index contributed by atoms with van der Waals surface area (Å²) in [5.41, 5.74) is 6.44. The molecule has 0 amide bonds. The minimum absolute atomic E-state index is 0.0213. The Balaban J connectivity index is 1.57. The van der Waals surface area contributed by atoms with E-state index in [9.17, 15) is 4.79 Å². The Bertz CT molecular complexity index is 1730. The SMILES string of the molecule is O=c1/c(=C\c2ccc(Br)cc2)sc2n1[C@H](c1ccc(Cl)cc1)C1=C(N=2)/C(=C/c2ccc(Cl)cc2)CCC1. The molecule has 7 heteroatoms. The van der Waals surface area contributed by atoms with Crippen molar-refractivity contribution in [2.45, 2.75) is 25.3 Å². The van der Waals surface area contributed by atoms with E-state index in [4.69, 9.17) is 28.2 Å². The summed E-state index contributed by atoms with van der Waals surface area (Å²) >= 11 is 17.3. The van der Waals surface area contributed by atoms with Crippen molar-refractivity contribution in [2.24, 2.45) is 4.99 Å². The third-order valence-electron chi connectivity index (χ3n) is 6.70. The first kappa shape index (κ1) is 24.6. The second-order valence-electron chi connectivity index (χ2n) is 9.13. The molecule has 1 aromatic heterocycles. The molecular formula is C30H21BrCl2N2OS. The van der Waals surface area contributed by atoms with Crippen molar-refractivity contribution in [1.82, 2.24) is 4.57 Å². The highest BCUT2D eigenvalue weighted by atomic mass is 79.9. The number of allylic oxidation sites excluding steroid dienone is 2. The van der Waals surface area contributed by atoms with Crippen LogP contribution in [0.1, 0.15) is 42.0 Å². The van der Waals surface area contributed by atoms with E-state index >= 15 is 0 Å². The summed E-state index contributed by atoms with van der Waals surface area (Å²) in [5.74, 6) is 0. The number of rotatable bonds is 3. The molecule has 0 spiro atoms. The van der Waals surface area contributed by atoms with Crippen LogP contribution in [0.2, 0.25) is 10.0 Å². The minimum atomic E-state index is -0.218. The highest BCUT2D eigenvalue weighted by molar-refractivity contribution is 9.10. The normalized spacial score (nSPS) is 18.5. The summed E-state index contributed by atoms with van der Waals surface area (Å²) in [6, 6.07) is 23.4. The molecule has 1 atom stereocenters. The fraction of sp³-hybridized carbons (Fsp3) is 0.133. The van der Waals surface area contributed by atoms with E-state index in [1.54, 1.807) is 0 Å². The summed E-state index contributed by atoms with van der Waals surface area (Å²) in [4.78, 5) is 19.6. The molecule has 3 aromatic carbocycles. The third kappa shape index (κ3) is 4.94. The Morgan fingerprint density at radius 2 is 1.49 bits per heavy atom. The van der Waals surface area contributed by atoms with Gasteiger partial charge in [0.05, 0.1) is 16.3 Å². The molecule has 2 aliphatic rings. The number of hydrogen-bond donors (Lipinski definition) is 0. The Kier molecular flexibility index (Phi) is 6.80. The molecule has 184 valence electrons. The summed E-state index contributed by atoms with van der Waals surface area (Å²) in [7, 11) is 0. The number of benzene rings is 3. The van der Waals surface area contributed by atoms with Gasteiger partial charge in [0.25, 0.3) is 5.56 Å². The van der Waals surface area contributed by atoms with Gasteiger partial charge in [0.1, 0.15) is 0 Å². The molecule has 37 heavy (non-hydrogen) atoms. The van der Waals surface area contributed by atoms with Gasteiger partial charge in [0.2, 0.25) is 0 Å². The molecule has 4 aromatic rings. The second-order valence-corrected chi connectivity index (χ2v) is 11.9. The highest BCUT2D eigenvalue weighted by Crippen LogP contribution is 2.41. The maximum Gasteiger partial charge on any atom is 0.271 e. The van der Waals surface area contributed by atoms with E-state index < -0.39 is 0 Å². The molecule has 0 saturated heterocycles. The van der Waals surface area contributed by atoms with E-state index in [-0.39, 0.29) is 11.6 Å². The minimum Gasteiger partial charge on any atom is -0.272 e. The largest absolute Gasteiger partial charge is 0.272 e. The Morgan fingerprint density at radius 1 is 0.865 bits per heavy atom. The second kappa shape index (κ2) is 10.2. The van der Waals surface area contributed by atoms with Crippen LogP contribution in [0.4, 0.5) is 0 Å². The van der Waals surface area contributed by atoms with Crippen LogP contribution in [0.25, 0.3) is 12.2 Å². The molecule has 1 aliphatic heterocycles. The van der Waals surface area contributed by atoms with Crippen LogP contribution in [-0.4, -0.2) is 4.57 Å². The molecule has 0 N–H and O–H groups in total. The van der Waals surface area contributed by atoms with Gasteiger partial charge in [-0.2, -0.15) is 0 Å². The average Bonchev–Trinajstić information content (AvgIpc) is 3.21. The third-order valence-corrected chi connectivity index (χ3v) is 8.71. The molecule has 0 radical (unpaired) electrons. The maximum atomic E-state index is 13.8. The summed E-state index contributed by atoms with van der Waals surface area (Å²) in [6.07, 6.45) is 6.97. The van der Waals surface area contributed by atoms with Crippen molar-refractivity contribution in [3.63, 3.8) is 0 Å². The van der Waals surface area contributed by atoms with Crippen LogP contribution < -0.4 is 14.9 Å². The summed E-state index contributed by atoms with van der Waals surface area (Å²) < 4.78 is 3.53. The predicted octanol–water partition coefficient (Wildman–Crippen LogP) is 7.55. The van der Waals surface area contributed by atoms with Gasteiger partial charge < -0.3 is 0 Å². The van der Waals surface area contributed by atoms with Crippen LogP contribution in [0.5, 0.6) is 0 Å². The van der Waals surface area contributed by atoms with Gasteiger partial charge in [0, 0.05) is 14.5 Å². The van der Waals surface area contributed by atoms with Gasteiger partial charge in [-0.05, 0) is 95.6 Å². The van der Waals surface area contributed by atoms with Crippen molar-refractivity contribution in [1.29, 1.82) is 0 Å². The van der Waals surface area contributed by atoms with Crippen molar-refractivity contribution in [3.8, 4) is 0 Å². The zero-order valence-corrected chi connectivity index (χ0v) is 23.5. The van der Waals surface area contributed by atoms with E-state index in [0.29, 0.717) is 14.6 Å². The van der Waals surface area contributed by atoms with Gasteiger partial charge in [-0.1, -0.05) is 86.9 Å². The van der Waals surface area contributed by atoms with Crippen LogP contribution >= 0.6 is 50.5 Å². The lowest BCUT2D eigenvalue weighted by molar-refractivity contribution is 0.553. The first-order valence-corrected chi connectivity index (χ1v) is 14.4. The first-order valence-electron chi connectivity index (χ1n) is 12.0. The molecule has 0 bridgehead atoms. The lowest BCUT2D eigenvalue weighted by Gasteiger charge is -2.31. The van der Waals surface area contributed by atoms with Gasteiger partial charge in [-0.25, -0.2) is 4.99 Å². The van der Waals surface area contributed by atoms with Crippen molar-refractivity contribution in [3.05, 3.63) is 141 Å². The zero-order valence-electron chi connectivity index (χ0n) is 19.6. The van der Waals surface area contributed by atoms with Crippen molar-refractivity contribution in [2.75, 3.05) is 0 Å². The molecule has 0 fully saturated rings. The Hall–Kier alpha value is -2.70. The smallest absolute Gasteiger partial charge is 0.271 e. The van der Waals surface area contributed by atoms with E-state index in [0.717, 1.165) is 50.9 Å². The van der Waals surface area contributed by atoms with Crippen LogP contribution in [0, 0.1) is 0 Å². The van der Waals surface area contributed by atoms with Gasteiger partial charge in [-0.3, -0.25) is 9.36 Å². The van der Waals surface area contributed by atoms with Crippen molar-refractivity contribution < 1.29 is 0 Å². The highest BCUT2D eigenvalue weighted by Gasteiger charge is 2.32. The Morgan fingerprint density at radius 3 is 2.19 bits per heavy atom.